The van der Waals surface area contributed by atoms with Gasteiger partial charge in [0.2, 0.25) is 0 Å². The van der Waals surface area contributed by atoms with Gasteiger partial charge in [-0.1, -0.05) is 13.8 Å². The molecule has 0 aliphatic carbocycles. The topological polar surface area (TPSA) is 37.8 Å². The Balaban J connectivity index is 2.65. The lowest BCUT2D eigenvalue weighted by Crippen LogP contribution is -2.06. The first-order valence-corrected chi connectivity index (χ1v) is 6.45. The number of halogens is 2. The van der Waals surface area contributed by atoms with Gasteiger partial charge >= 0.3 is 0 Å². The molecule has 1 N–H and O–H groups in total. The maximum Gasteiger partial charge on any atom is 0.159 e. The van der Waals surface area contributed by atoms with E-state index in [-0.39, 0.29) is 5.92 Å². The third kappa shape index (κ3) is 2.61. The Morgan fingerprint density at radius 3 is 2.35 bits per heavy atom. The van der Waals surface area contributed by atoms with Crippen LogP contribution in [0.3, 0.4) is 0 Å². The molecule has 0 bridgehead atoms. The molecule has 0 aliphatic rings. The number of anilines is 1. The average Bonchev–Trinajstić information content (AvgIpc) is 2.42. The van der Waals surface area contributed by atoms with Crippen LogP contribution in [-0.2, 0) is 0 Å². The van der Waals surface area contributed by atoms with Crippen molar-refractivity contribution in [1.29, 1.82) is 0 Å². The maximum atomic E-state index is 13.4. The molecule has 2 rings (SSSR count). The Morgan fingerprint density at radius 2 is 1.80 bits per heavy atom. The van der Waals surface area contributed by atoms with Crippen LogP contribution in [0.5, 0.6) is 0 Å². The van der Waals surface area contributed by atoms with E-state index in [4.69, 9.17) is 0 Å². The summed E-state index contributed by atoms with van der Waals surface area (Å²) < 4.78 is 26.5. The third-order valence-corrected chi connectivity index (χ3v) is 3.11. The van der Waals surface area contributed by atoms with Crippen molar-refractivity contribution in [2.45, 2.75) is 26.7 Å². The molecule has 0 fully saturated rings. The second-order valence-corrected chi connectivity index (χ2v) is 4.94. The highest BCUT2D eigenvalue weighted by molar-refractivity contribution is 5.68. The molecule has 3 nitrogen and oxygen atoms in total. The molecule has 0 saturated heterocycles. The Kier molecular flexibility index (Phi) is 3.97. The van der Waals surface area contributed by atoms with Crippen LogP contribution in [0, 0.1) is 18.6 Å². The number of aromatic nitrogens is 2. The van der Waals surface area contributed by atoms with Crippen LogP contribution in [0.15, 0.2) is 18.2 Å². The largest absolute Gasteiger partial charge is 0.373 e. The zero-order valence-electron chi connectivity index (χ0n) is 12.0. The molecule has 1 aromatic carbocycles. The quantitative estimate of drug-likeness (QED) is 0.924. The molecule has 0 atom stereocenters. The van der Waals surface area contributed by atoms with E-state index in [0.29, 0.717) is 22.9 Å². The molecule has 0 amide bonds. The third-order valence-electron chi connectivity index (χ3n) is 3.11. The van der Waals surface area contributed by atoms with Gasteiger partial charge in [0.15, 0.2) is 11.6 Å². The Hall–Kier alpha value is -2.04. The molecule has 1 heterocycles. The van der Waals surface area contributed by atoms with Crippen molar-refractivity contribution in [2.75, 3.05) is 12.4 Å². The van der Waals surface area contributed by atoms with Crippen LogP contribution in [0.25, 0.3) is 11.3 Å². The summed E-state index contributed by atoms with van der Waals surface area (Å²) in [5.74, 6) is -0.231. The van der Waals surface area contributed by atoms with Gasteiger partial charge in [0.05, 0.1) is 5.69 Å². The molecule has 106 valence electrons. The van der Waals surface area contributed by atoms with E-state index in [0.717, 1.165) is 17.7 Å². The van der Waals surface area contributed by atoms with Crippen molar-refractivity contribution >= 4 is 5.82 Å². The minimum absolute atomic E-state index is 0.145. The highest BCUT2D eigenvalue weighted by atomic mass is 19.2. The molecule has 0 unspecified atom stereocenters. The second-order valence-electron chi connectivity index (χ2n) is 4.94. The fourth-order valence-corrected chi connectivity index (χ4v) is 1.96. The molecule has 0 spiro atoms. The van der Waals surface area contributed by atoms with Crippen LogP contribution in [0.1, 0.15) is 31.2 Å². The monoisotopic (exact) mass is 277 g/mol. The van der Waals surface area contributed by atoms with Gasteiger partial charge in [-0.3, -0.25) is 0 Å². The summed E-state index contributed by atoms with van der Waals surface area (Å²) >= 11 is 0. The van der Waals surface area contributed by atoms with Crippen LogP contribution in [-0.4, -0.2) is 17.0 Å². The molecule has 5 heteroatoms. The van der Waals surface area contributed by atoms with Crippen LogP contribution in [0.2, 0.25) is 0 Å². The summed E-state index contributed by atoms with van der Waals surface area (Å²) in [5.41, 5.74) is 1.97. The molecule has 0 saturated carbocycles. The standard InChI is InChI=1S/C15H17F2N3/c1-8(2)14-19-13(9(3)15(18-4)20-14)10-5-6-11(16)12(17)7-10/h5-8H,1-4H3,(H,18,19,20). The lowest BCUT2D eigenvalue weighted by molar-refractivity contribution is 0.509. The lowest BCUT2D eigenvalue weighted by Gasteiger charge is -2.14. The lowest BCUT2D eigenvalue weighted by atomic mass is 10.1. The molecule has 1 aromatic heterocycles. The van der Waals surface area contributed by atoms with Gasteiger partial charge in [0.25, 0.3) is 0 Å². The molecule has 0 radical (unpaired) electrons. The fraction of sp³-hybridized carbons (Fsp3) is 0.333. The smallest absolute Gasteiger partial charge is 0.159 e. The van der Waals surface area contributed by atoms with Gasteiger partial charge < -0.3 is 5.32 Å². The molecule has 0 aliphatic heterocycles. The van der Waals surface area contributed by atoms with Crippen molar-refractivity contribution in [2.24, 2.45) is 0 Å². The van der Waals surface area contributed by atoms with E-state index < -0.39 is 11.6 Å². The summed E-state index contributed by atoms with van der Waals surface area (Å²) in [5, 5.41) is 3.01. The van der Waals surface area contributed by atoms with Crippen LogP contribution < -0.4 is 5.32 Å². The van der Waals surface area contributed by atoms with Gasteiger partial charge in [-0.15, -0.1) is 0 Å². The van der Waals surface area contributed by atoms with Gasteiger partial charge in [-0.2, -0.15) is 0 Å². The highest BCUT2D eigenvalue weighted by Crippen LogP contribution is 2.28. The number of hydrogen-bond donors (Lipinski definition) is 1. The predicted molar refractivity (Wildman–Crippen MR) is 75.8 cm³/mol. The van der Waals surface area contributed by atoms with Crippen LogP contribution in [0.4, 0.5) is 14.6 Å². The molecule has 20 heavy (non-hydrogen) atoms. The van der Waals surface area contributed by atoms with Crippen LogP contribution >= 0.6 is 0 Å². The fourth-order valence-electron chi connectivity index (χ4n) is 1.96. The van der Waals surface area contributed by atoms with Crippen molar-refractivity contribution in [3.05, 3.63) is 41.2 Å². The van der Waals surface area contributed by atoms with Crippen molar-refractivity contribution in [3.63, 3.8) is 0 Å². The first-order valence-electron chi connectivity index (χ1n) is 6.45. The first kappa shape index (κ1) is 14.4. The number of hydrogen-bond acceptors (Lipinski definition) is 3. The normalized spacial score (nSPS) is 10.9. The van der Waals surface area contributed by atoms with Gasteiger partial charge in [-0.25, -0.2) is 18.7 Å². The number of nitrogens with one attached hydrogen (secondary N) is 1. The number of rotatable bonds is 3. The Labute approximate surface area is 117 Å². The minimum Gasteiger partial charge on any atom is -0.373 e. The van der Waals surface area contributed by atoms with E-state index in [2.05, 4.69) is 15.3 Å². The van der Waals surface area contributed by atoms with E-state index >= 15 is 0 Å². The average molecular weight is 277 g/mol. The van der Waals surface area contributed by atoms with E-state index in [1.54, 1.807) is 7.05 Å². The predicted octanol–water partition coefficient (Wildman–Crippen LogP) is 3.90. The minimum atomic E-state index is -0.877. The molecular weight excluding hydrogens is 260 g/mol. The van der Waals surface area contributed by atoms with Crippen molar-refractivity contribution in [3.8, 4) is 11.3 Å². The maximum absolute atomic E-state index is 13.4. The Morgan fingerprint density at radius 1 is 1.10 bits per heavy atom. The zero-order valence-corrected chi connectivity index (χ0v) is 12.0. The van der Waals surface area contributed by atoms with Gasteiger partial charge in [-0.05, 0) is 25.1 Å². The molecular formula is C15H17F2N3. The summed E-state index contributed by atoms with van der Waals surface area (Å²) in [6, 6.07) is 3.80. The SMILES string of the molecule is CNc1nc(C(C)C)nc(-c2ccc(F)c(F)c2)c1C. The van der Waals surface area contributed by atoms with Crippen molar-refractivity contribution in [1.82, 2.24) is 9.97 Å². The van der Waals surface area contributed by atoms with Crippen molar-refractivity contribution < 1.29 is 8.78 Å². The summed E-state index contributed by atoms with van der Waals surface area (Å²) in [7, 11) is 1.77. The highest BCUT2D eigenvalue weighted by Gasteiger charge is 2.15. The summed E-state index contributed by atoms with van der Waals surface area (Å²) in [4.78, 5) is 8.91. The van der Waals surface area contributed by atoms with Gasteiger partial charge in [0, 0.05) is 24.1 Å². The summed E-state index contributed by atoms with van der Waals surface area (Å²) in [6.07, 6.45) is 0. The zero-order chi connectivity index (χ0) is 14.9. The van der Waals surface area contributed by atoms with E-state index in [9.17, 15) is 8.78 Å². The number of benzene rings is 1. The van der Waals surface area contributed by atoms with E-state index in [1.165, 1.54) is 6.07 Å². The number of nitrogens with zero attached hydrogens (tertiary/aromatic N) is 2. The first-order chi connectivity index (χ1) is 9.43. The Bertz CT molecular complexity index is 639. The van der Waals surface area contributed by atoms with Gasteiger partial charge in [0.1, 0.15) is 11.6 Å². The molecule has 2 aromatic rings. The summed E-state index contributed by atoms with van der Waals surface area (Å²) in [6.45, 7) is 5.82. The second kappa shape index (κ2) is 5.53. The van der Waals surface area contributed by atoms with E-state index in [1.807, 2.05) is 20.8 Å².